The number of esters is 1. The number of nitrogens with zero attached hydrogens (tertiary/aromatic N) is 1. The SMILES string of the molecule is CCCCNC(=O)NC(=O)COC(=O)c1ccc(S(=O)(=O)N(C)c2ccccc2OC)cc1. The van der Waals surface area contributed by atoms with Gasteiger partial charge in [-0.3, -0.25) is 14.4 Å². The summed E-state index contributed by atoms with van der Waals surface area (Å²) in [5.74, 6) is -1.23. The second kappa shape index (κ2) is 11.9. The first-order chi connectivity index (χ1) is 15.7. The third-order valence-corrected chi connectivity index (χ3v) is 6.36. The van der Waals surface area contributed by atoms with Crippen LogP contribution in [0.15, 0.2) is 53.4 Å². The van der Waals surface area contributed by atoms with Crippen molar-refractivity contribution in [2.24, 2.45) is 0 Å². The predicted molar refractivity (Wildman–Crippen MR) is 122 cm³/mol. The van der Waals surface area contributed by atoms with Crippen LogP contribution in [0.25, 0.3) is 0 Å². The van der Waals surface area contributed by atoms with Gasteiger partial charge in [0.1, 0.15) is 5.75 Å². The number of hydrogen-bond donors (Lipinski definition) is 2. The second-order valence-corrected chi connectivity index (χ2v) is 8.87. The van der Waals surface area contributed by atoms with Crippen LogP contribution in [0.5, 0.6) is 5.75 Å². The maximum Gasteiger partial charge on any atom is 0.338 e. The van der Waals surface area contributed by atoms with E-state index in [9.17, 15) is 22.8 Å². The molecule has 3 amide bonds. The van der Waals surface area contributed by atoms with Crippen molar-refractivity contribution in [1.82, 2.24) is 10.6 Å². The number of rotatable bonds is 10. The zero-order chi connectivity index (χ0) is 24.4. The number of ether oxygens (including phenoxy) is 2. The Morgan fingerprint density at radius 2 is 1.70 bits per heavy atom. The highest BCUT2D eigenvalue weighted by atomic mass is 32.2. The molecule has 2 rings (SSSR count). The number of amides is 3. The van der Waals surface area contributed by atoms with Crippen molar-refractivity contribution >= 4 is 33.6 Å². The third kappa shape index (κ3) is 6.94. The molecule has 178 valence electrons. The molecule has 0 bridgehead atoms. The van der Waals surface area contributed by atoms with Gasteiger partial charge in [0.2, 0.25) is 0 Å². The first-order valence-electron chi connectivity index (χ1n) is 10.2. The Morgan fingerprint density at radius 3 is 2.33 bits per heavy atom. The number of carbonyl (C=O) groups is 3. The molecule has 0 aliphatic rings. The van der Waals surface area contributed by atoms with Gasteiger partial charge in [-0.25, -0.2) is 18.0 Å². The van der Waals surface area contributed by atoms with E-state index in [0.717, 1.165) is 17.1 Å². The molecule has 0 spiro atoms. The topological polar surface area (TPSA) is 131 Å². The number of hydrogen-bond acceptors (Lipinski definition) is 7. The molecular formula is C22H27N3O7S. The van der Waals surface area contributed by atoms with Gasteiger partial charge >= 0.3 is 12.0 Å². The lowest BCUT2D eigenvalue weighted by Gasteiger charge is -2.21. The van der Waals surface area contributed by atoms with Crippen LogP contribution in [-0.4, -0.2) is 53.6 Å². The number of anilines is 1. The van der Waals surface area contributed by atoms with Gasteiger partial charge in [-0.15, -0.1) is 0 Å². The Bertz CT molecular complexity index is 1090. The first kappa shape index (κ1) is 25.7. The van der Waals surface area contributed by atoms with E-state index in [2.05, 4.69) is 10.6 Å². The van der Waals surface area contributed by atoms with Crippen molar-refractivity contribution in [2.75, 3.05) is 31.6 Å². The van der Waals surface area contributed by atoms with E-state index >= 15 is 0 Å². The molecule has 0 unspecified atom stereocenters. The summed E-state index contributed by atoms with van der Waals surface area (Å²) in [5, 5.41) is 4.55. The Balaban J connectivity index is 1.99. The van der Waals surface area contributed by atoms with Gasteiger partial charge in [-0.05, 0) is 42.8 Å². The van der Waals surface area contributed by atoms with Crippen LogP contribution in [0.4, 0.5) is 10.5 Å². The maximum absolute atomic E-state index is 13.0. The van der Waals surface area contributed by atoms with Gasteiger partial charge in [0.15, 0.2) is 6.61 Å². The minimum absolute atomic E-state index is 0.0473. The summed E-state index contributed by atoms with van der Waals surface area (Å²) >= 11 is 0. The number of benzene rings is 2. The summed E-state index contributed by atoms with van der Waals surface area (Å²) in [5.41, 5.74) is 0.405. The van der Waals surface area contributed by atoms with E-state index in [1.165, 1.54) is 38.4 Å². The number of imide groups is 1. The molecule has 0 aromatic heterocycles. The second-order valence-electron chi connectivity index (χ2n) is 6.90. The first-order valence-corrected chi connectivity index (χ1v) is 11.6. The number of urea groups is 1. The van der Waals surface area contributed by atoms with Gasteiger partial charge in [-0.2, -0.15) is 0 Å². The summed E-state index contributed by atoms with van der Waals surface area (Å²) in [6, 6.07) is 11.1. The Labute approximate surface area is 192 Å². The molecule has 10 nitrogen and oxygen atoms in total. The van der Waals surface area contributed by atoms with Crippen LogP contribution in [0.2, 0.25) is 0 Å². The largest absolute Gasteiger partial charge is 0.495 e. The summed E-state index contributed by atoms with van der Waals surface area (Å²) in [7, 11) is -1.08. The number of nitrogens with one attached hydrogen (secondary N) is 2. The molecule has 2 N–H and O–H groups in total. The summed E-state index contributed by atoms with van der Waals surface area (Å²) in [6.07, 6.45) is 1.67. The highest BCUT2D eigenvalue weighted by Crippen LogP contribution is 2.30. The molecule has 0 aliphatic carbocycles. The number of unbranched alkanes of at least 4 members (excludes halogenated alkanes) is 1. The van der Waals surface area contributed by atoms with E-state index in [4.69, 9.17) is 9.47 Å². The van der Waals surface area contributed by atoms with Crippen LogP contribution in [0.3, 0.4) is 0 Å². The van der Waals surface area contributed by atoms with E-state index in [1.807, 2.05) is 6.92 Å². The van der Waals surface area contributed by atoms with Crippen LogP contribution in [0, 0.1) is 0 Å². The molecule has 0 fully saturated rings. The Morgan fingerprint density at radius 1 is 1.03 bits per heavy atom. The fourth-order valence-corrected chi connectivity index (χ4v) is 3.95. The summed E-state index contributed by atoms with van der Waals surface area (Å²) < 4.78 is 37.1. The lowest BCUT2D eigenvalue weighted by atomic mass is 10.2. The molecule has 0 saturated heterocycles. The van der Waals surface area contributed by atoms with Crippen molar-refractivity contribution in [3.05, 3.63) is 54.1 Å². The van der Waals surface area contributed by atoms with E-state index in [1.54, 1.807) is 24.3 Å². The molecule has 0 aliphatic heterocycles. The van der Waals surface area contributed by atoms with Crippen molar-refractivity contribution in [1.29, 1.82) is 0 Å². The predicted octanol–water partition coefficient (Wildman–Crippen LogP) is 2.30. The number of methoxy groups -OCH3 is 1. The Kier molecular flexibility index (Phi) is 9.22. The van der Waals surface area contributed by atoms with Crippen molar-refractivity contribution in [3.63, 3.8) is 0 Å². The van der Waals surface area contributed by atoms with E-state index < -0.39 is 34.5 Å². The van der Waals surface area contributed by atoms with Gasteiger partial charge in [0.05, 0.1) is 23.3 Å². The highest BCUT2D eigenvalue weighted by Gasteiger charge is 2.24. The zero-order valence-corrected chi connectivity index (χ0v) is 19.5. The van der Waals surface area contributed by atoms with Crippen LogP contribution in [0.1, 0.15) is 30.1 Å². The molecular weight excluding hydrogens is 450 g/mol. The summed E-state index contributed by atoms with van der Waals surface area (Å²) in [4.78, 5) is 35.4. The highest BCUT2D eigenvalue weighted by molar-refractivity contribution is 7.92. The average Bonchev–Trinajstić information content (AvgIpc) is 2.82. The lowest BCUT2D eigenvalue weighted by molar-refractivity contribution is -0.123. The standard InChI is InChI=1S/C22H27N3O7S/c1-4-5-14-23-22(28)24-20(26)15-32-21(27)16-10-12-17(13-11-16)33(29,30)25(2)18-8-6-7-9-19(18)31-3/h6-13H,4-5,14-15H2,1-3H3,(H2,23,24,26,28). The minimum atomic E-state index is -3.92. The Hall–Kier alpha value is -3.60. The minimum Gasteiger partial charge on any atom is -0.495 e. The summed E-state index contributed by atoms with van der Waals surface area (Å²) in [6.45, 7) is 1.73. The molecule has 0 radical (unpaired) electrons. The van der Waals surface area contributed by atoms with Gasteiger partial charge < -0.3 is 14.8 Å². The molecule has 11 heteroatoms. The van der Waals surface area contributed by atoms with Crippen molar-refractivity contribution in [3.8, 4) is 5.75 Å². The molecule has 33 heavy (non-hydrogen) atoms. The van der Waals surface area contributed by atoms with Gasteiger partial charge in [0.25, 0.3) is 15.9 Å². The van der Waals surface area contributed by atoms with Crippen LogP contribution >= 0.6 is 0 Å². The van der Waals surface area contributed by atoms with Crippen molar-refractivity contribution < 1.29 is 32.3 Å². The van der Waals surface area contributed by atoms with Crippen LogP contribution in [-0.2, 0) is 19.6 Å². The number of sulfonamides is 1. The van der Waals surface area contributed by atoms with Gasteiger partial charge in [0, 0.05) is 13.6 Å². The van der Waals surface area contributed by atoms with Gasteiger partial charge in [-0.1, -0.05) is 25.5 Å². The fourth-order valence-electron chi connectivity index (χ4n) is 2.74. The normalized spacial score (nSPS) is 10.8. The van der Waals surface area contributed by atoms with E-state index in [-0.39, 0.29) is 10.5 Å². The third-order valence-electron chi connectivity index (χ3n) is 4.58. The smallest absolute Gasteiger partial charge is 0.338 e. The fraction of sp³-hybridized carbons (Fsp3) is 0.318. The maximum atomic E-state index is 13.0. The quantitative estimate of drug-likeness (QED) is 0.396. The molecule has 0 saturated carbocycles. The number of carbonyl (C=O) groups excluding carboxylic acids is 3. The molecule has 2 aromatic rings. The molecule has 2 aromatic carbocycles. The average molecular weight is 478 g/mol. The van der Waals surface area contributed by atoms with Crippen molar-refractivity contribution in [2.45, 2.75) is 24.7 Å². The zero-order valence-electron chi connectivity index (χ0n) is 18.7. The van der Waals surface area contributed by atoms with E-state index in [0.29, 0.717) is 18.0 Å². The monoisotopic (exact) mass is 477 g/mol. The van der Waals surface area contributed by atoms with Crippen LogP contribution < -0.4 is 19.7 Å². The molecule has 0 atom stereocenters. The lowest BCUT2D eigenvalue weighted by Crippen LogP contribution is -2.41. The number of para-hydroxylation sites is 2. The molecule has 0 heterocycles.